The van der Waals surface area contributed by atoms with Gasteiger partial charge in [-0.15, -0.1) is 11.3 Å². The summed E-state index contributed by atoms with van der Waals surface area (Å²) >= 11 is 0.803. The molecule has 1 atom stereocenters. The van der Waals surface area contributed by atoms with Crippen LogP contribution < -0.4 is 10.9 Å². The third-order valence-corrected chi connectivity index (χ3v) is 6.07. The summed E-state index contributed by atoms with van der Waals surface area (Å²) in [4.78, 5) is 28.7. The van der Waals surface area contributed by atoms with Crippen molar-refractivity contribution in [2.75, 3.05) is 5.32 Å². The van der Waals surface area contributed by atoms with Gasteiger partial charge in [-0.25, -0.2) is 19.3 Å². The molecule has 168 valence electrons. The van der Waals surface area contributed by atoms with E-state index in [0.717, 1.165) is 22.8 Å². The lowest BCUT2D eigenvalue weighted by Crippen LogP contribution is -2.24. The summed E-state index contributed by atoms with van der Waals surface area (Å²) in [5.74, 6) is -0.211. The van der Waals surface area contributed by atoms with E-state index in [0.29, 0.717) is 26.9 Å². The molecule has 0 fully saturated rings. The molecule has 4 aromatic heterocycles. The summed E-state index contributed by atoms with van der Waals surface area (Å²) in [7, 11) is 0. The molecule has 1 unspecified atom stereocenters. The van der Waals surface area contributed by atoms with Gasteiger partial charge in [0.1, 0.15) is 28.2 Å². The third-order valence-electron chi connectivity index (χ3n) is 5.18. The van der Waals surface area contributed by atoms with Crippen LogP contribution in [0.3, 0.4) is 0 Å². The number of anilines is 1. The number of imidazole rings is 1. The number of nitrogens with zero attached hydrogens (tertiary/aromatic N) is 4. The van der Waals surface area contributed by atoms with E-state index in [1.165, 1.54) is 36.9 Å². The predicted octanol–water partition coefficient (Wildman–Crippen LogP) is 5.03. The number of fused-ring (bicyclic) bond motifs is 2. The summed E-state index contributed by atoms with van der Waals surface area (Å²) in [6.07, 6.45) is -1.95. The maximum Gasteiger partial charge on any atom is 0.432 e. The van der Waals surface area contributed by atoms with Crippen LogP contribution in [0.15, 0.2) is 53.2 Å². The summed E-state index contributed by atoms with van der Waals surface area (Å²) in [5.41, 5.74) is -0.472. The molecule has 0 radical (unpaired) electrons. The van der Waals surface area contributed by atoms with Crippen LogP contribution in [0.4, 0.5) is 23.4 Å². The molecule has 7 nitrogen and oxygen atoms in total. The first-order valence-corrected chi connectivity index (χ1v) is 10.5. The quantitative estimate of drug-likeness (QED) is 0.357. The van der Waals surface area contributed by atoms with Crippen molar-refractivity contribution >= 4 is 33.1 Å². The molecule has 2 N–H and O–H groups in total. The van der Waals surface area contributed by atoms with Gasteiger partial charge >= 0.3 is 6.18 Å². The maximum atomic E-state index is 14.0. The lowest BCUT2D eigenvalue weighted by atomic mass is 9.97. The van der Waals surface area contributed by atoms with E-state index in [4.69, 9.17) is 0 Å². The lowest BCUT2D eigenvalue weighted by molar-refractivity contribution is -0.141. The first-order valence-electron chi connectivity index (χ1n) is 9.65. The van der Waals surface area contributed by atoms with Crippen LogP contribution in [0.5, 0.6) is 0 Å². The fourth-order valence-electron chi connectivity index (χ4n) is 3.72. The van der Waals surface area contributed by atoms with Gasteiger partial charge in [-0.2, -0.15) is 13.2 Å². The number of H-pyrrole nitrogens is 1. The number of hydrogen-bond donors (Lipinski definition) is 2. The van der Waals surface area contributed by atoms with E-state index >= 15 is 0 Å². The first kappa shape index (κ1) is 21.1. The molecule has 0 amide bonds. The van der Waals surface area contributed by atoms with Crippen LogP contribution in [0, 0.1) is 5.82 Å². The molecule has 0 aliphatic carbocycles. The molecule has 5 aromatic rings. The molecule has 33 heavy (non-hydrogen) atoms. The maximum absolute atomic E-state index is 14.0. The highest BCUT2D eigenvalue weighted by Crippen LogP contribution is 2.36. The highest BCUT2D eigenvalue weighted by molar-refractivity contribution is 7.15. The van der Waals surface area contributed by atoms with Crippen molar-refractivity contribution in [3.8, 4) is 11.1 Å². The molecule has 12 heteroatoms. The van der Waals surface area contributed by atoms with Gasteiger partial charge in [0.25, 0.3) is 5.56 Å². The fourth-order valence-corrected chi connectivity index (χ4v) is 4.67. The summed E-state index contributed by atoms with van der Waals surface area (Å²) < 4.78 is 55.3. The van der Waals surface area contributed by atoms with Gasteiger partial charge in [0, 0.05) is 5.38 Å². The van der Waals surface area contributed by atoms with Gasteiger partial charge in [-0.3, -0.25) is 9.20 Å². The van der Waals surface area contributed by atoms with Crippen molar-refractivity contribution in [2.24, 2.45) is 0 Å². The molecule has 0 spiro atoms. The molecule has 5 rings (SSSR count). The van der Waals surface area contributed by atoms with Crippen LogP contribution in [-0.4, -0.2) is 24.3 Å². The SMILES string of the molecule is CC(Nc1ncnc2nc[nH]c12)c1cc2scc(C(F)(F)F)n2c(=O)c1-c1cccc(F)c1. The molecule has 0 aliphatic heterocycles. The standard InChI is InChI=1S/C21H14F4N6OS/c1-10(30-19-17-18(27-8-26-17)28-9-29-19)13-6-15-31(14(7-33-15)21(23,24)25)20(32)16(13)11-3-2-4-12(22)5-11/h2-10H,1H3,(H2,26,27,28,29,30). The average Bonchev–Trinajstić information content (AvgIpc) is 3.41. The van der Waals surface area contributed by atoms with Crippen LogP contribution in [-0.2, 0) is 6.18 Å². The topological polar surface area (TPSA) is 88.0 Å². The molecule has 4 heterocycles. The Hall–Kier alpha value is -3.80. The summed E-state index contributed by atoms with van der Waals surface area (Å²) in [5, 5.41) is 4.05. The molecule has 0 bridgehead atoms. The Balaban J connectivity index is 1.73. The Bertz CT molecular complexity index is 1550. The zero-order valence-electron chi connectivity index (χ0n) is 16.8. The van der Waals surface area contributed by atoms with Crippen molar-refractivity contribution in [3.05, 3.63) is 75.8 Å². The van der Waals surface area contributed by atoms with Gasteiger partial charge in [0.05, 0.1) is 17.9 Å². The van der Waals surface area contributed by atoms with Crippen LogP contribution in [0.1, 0.15) is 24.2 Å². The highest BCUT2D eigenvalue weighted by atomic mass is 32.1. The van der Waals surface area contributed by atoms with E-state index in [1.807, 2.05) is 0 Å². The van der Waals surface area contributed by atoms with Crippen molar-refractivity contribution in [2.45, 2.75) is 19.1 Å². The highest BCUT2D eigenvalue weighted by Gasteiger charge is 2.36. The first-order chi connectivity index (χ1) is 15.7. The molecule has 0 saturated carbocycles. The number of benzene rings is 1. The van der Waals surface area contributed by atoms with E-state index in [9.17, 15) is 22.4 Å². The van der Waals surface area contributed by atoms with E-state index in [1.54, 1.807) is 6.92 Å². The minimum absolute atomic E-state index is 0.0363. The predicted molar refractivity (Wildman–Crippen MR) is 116 cm³/mol. The number of nitrogens with one attached hydrogen (secondary N) is 2. The Morgan fingerprint density at radius 1 is 1.18 bits per heavy atom. The number of aromatic amines is 1. The Morgan fingerprint density at radius 3 is 2.76 bits per heavy atom. The number of rotatable bonds is 4. The number of thiazole rings is 1. The zero-order valence-corrected chi connectivity index (χ0v) is 17.6. The average molecular weight is 474 g/mol. The number of aromatic nitrogens is 5. The second kappa shape index (κ2) is 7.66. The molecule has 0 aliphatic rings. The van der Waals surface area contributed by atoms with E-state index in [2.05, 4.69) is 25.3 Å². The molecular formula is C21H14F4N6OS. The van der Waals surface area contributed by atoms with Gasteiger partial charge in [0.15, 0.2) is 11.5 Å². The normalized spacial score (nSPS) is 13.0. The Kier molecular flexibility index (Phi) is 4.89. The van der Waals surface area contributed by atoms with Gasteiger partial charge < -0.3 is 10.3 Å². The van der Waals surface area contributed by atoms with E-state index in [-0.39, 0.29) is 16.0 Å². The van der Waals surface area contributed by atoms with Crippen LogP contribution in [0.2, 0.25) is 0 Å². The second-order valence-electron chi connectivity index (χ2n) is 7.27. The number of alkyl halides is 3. The molecule has 0 saturated heterocycles. The third kappa shape index (κ3) is 3.61. The largest absolute Gasteiger partial charge is 0.432 e. The molecular weight excluding hydrogens is 460 g/mol. The van der Waals surface area contributed by atoms with Crippen LogP contribution >= 0.6 is 11.3 Å². The van der Waals surface area contributed by atoms with Gasteiger partial charge in [0.2, 0.25) is 0 Å². The summed E-state index contributed by atoms with van der Waals surface area (Å²) in [6.45, 7) is 1.73. The fraction of sp³-hybridized carbons (Fsp3) is 0.143. The van der Waals surface area contributed by atoms with Gasteiger partial charge in [-0.05, 0) is 36.2 Å². The monoisotopic (exact) mass is 474 g/mol. The Labute approximate surface area is 186 Å². The zero-order chi connectivity index (χ0) is 23.3. The number of hydrogen-bond acceptors (Lipinski definition) is 6. The second-order valence-corrected chi connectivity index (χ2v) is 8.16. The minimum Gasteiger partial charge on any atom is -0.362 e. The van der Waals surface area contributed by atoms with Gasteiger partial charge in [-0.1, -0.05) is 12.1 Å². The smallest absolute Gasteiger partial charge is 0.362 e. The number of pyridine rings is 1. The van der Waals surface area contributed by atoms with Crippen molar-refractivity contribution < 1.29 is 17.6 Å². The van der Waals surface area contributed by atoms with Crippen molar-refractivity contribution in [1.29, 1.82) is 0 Å². The lowest BCUT2D eigenvalue weighted by Gasteiger charge is -2.19. The minimum atomic E-state index is -4.72. The van der Waals surface area contributed by atoms with E-state index < -0.39 is 29.3 Å². The molecule has 1 aromatic carbocycles. The summed E-state index contributed by atoms with van der Waals surface area (Å²) in [6, 6.07) is 6.13. The van der Waals surface area contributed by atoms with Crippen molar-refractivity contribution in [1.82, 2.24) is 24.3 Å². The van der Waals surface area contributed by atoms with Crippen molar-refractivity contribution in [3.63, 3.8) is 0 Å². The number of halogens is 4. The van der Waals surface area contributed by atoms with Crippen LogP contribution in [0.25, 0.3) is 27.1 Å². The Morgan fingerprint density at radius 2 is 2.00 bits per heavy atom.